The summed E-state index contributed by atoms with van der Waals surface area (Å²) in [5.41, 5.74) is 0.648. The Bertz CT molecular complexity index is 1190. The van der Waals surface area contributed by atoms with E-state index in [1.165, 1.54) is 12.1 Å². The Labute approximate surface area is 171 Å². The molecule has 3 aromatic rings. The van der Waals surface area contributed by atoms with Crippen molar-refractivity contribution in [2.45, 2.75) is 11.5 Å². The number of nitrogens with zero attached hydrogens (tertiary/aromatic N) is 3. The van der Waals surface area contributed by atoms with Crippen LogP contribution in [-0.2, 0) is 0 Å². The van der Waals surface area contributed by atoms with Gasteiger partial charge in [0.1, 0.15) is 23.0 Å². The number of benzene rings is 2. The van der Waals surface area contributed by atoms with Crippen molar-refractivity contribution < 1.29 is 18.9 Å². The van der Waals surface area contributed by atoms with Gasteiger partial charge >= 0.3 is 5.88 Å². The third-order valence-electron chi connectivity index (χ3n) is 5.72. The molecule has 150 valence electrons. The molecule has 2 atom stereocenters. The quantitative estimate of drug-likeness (QED) is 0.489. The first-order valence-corrected chi connectivity index (χ1v) is 9.41. The summed E-state index contributed by atoms with van der Waals surface area (Å²) in [6.45, 7) is 0.0920. The fourth-order valence-corrected chi connectivity index (χ4v) is 4.28. The Hall–Kier alpha value is -3.94. The van der Waals surface area contributed by atoms with Gasteiger partial charge in [0.15, 0.2) is 17.1 Å². The van der Waals surface area contributed by atoms with Crippen LogP contribution in [-0.4, -0.2) is 40.6 Å². The van der Waals surface area contributed by atoms with Crippen molar-refractivity contribution in [3.8, 4) is 5.75 Å². The highest BCUT2D eigenvalue weighted by atomic mass is 16.6. The number of para-hydroxylation sites is 1. The van der Waals surface area contributed by atoms with Crippen LogP contribution in [0.5, 0.6) is 5.75 Å². The number of furan rings is 1. The molecule has 0 fully saturated rings. The van der Waals surface area contributed by atoms with Crippen LogP contribution in [0, 0.1) is 10.1 Å². The van der Waals surface area contributed by atoms with E-state index in [4.69, 9.17) is 9.15 Å². The number of ether oxygens (including phenoxy) is 1. The zero-order chi connectivity index (χ0) is 20.9. The number of hydrazone groups is 1. The van der Waals surface area contributed by atoms with Crippen molar-refractivity contribution in [2.24, 2.45) is 5.10 Å². The molecule has 5 rings (SSSR count). The topological polar surface area (TPSA) is 98.2 Å². The molecule has 0 aliphatic carbocycles. The lowest BCUT2D eigenvalue weighted by Crippen LogP contribution is -2.59. The minimum atomic E-state index is -1.13. The van der Waals surface area contributed by atoms with Gasteiger partial charge in [0, 0.05) is 7.05 Å². The molecule has 0 saturated carbocycles. The molecule has 8 nitrogen and oxygen atoms in total. The highest BCUT2D eigenvalue weighted by molar-refractivity contribution is 6.15. The van der Waals surface area contributed by atoms with Crippen molar-refractivity contribution in [2.75, 3.05) is 13.7 Å². The summed E-state index contributed by atoms with van der Waals surface area (Å²) in [6, 6.07) is 19.4. The van der Waals surface area contributed by atoms with Gasteiger partial charge < -0.3 is 9.15 Å². The average Bonchev–Trinajstić information content (AvgIpc) is 3.36. The average molecular weight is 403 g/mol. The molecule has 8 heteroatoms. The normalized spacial score (nSPS) is 22.6. The molecule has 0 radical (unpaired) electrons. The van der Waals surface area contributed by atoms with E-state index in [-0.39, 0.29) is 24.0 Å². The van der Waals surface area contributed by atoms with E-state index in [9.17, 15) is 14.9 Å². The largest absolute Gasteiger partial charge is 0.490 e. The van der Waals surface area contributed by atoms with E-state index in [1.807, 2.05) is 36.4 Å². The SMILES string of the molecule is CN1N=C(c2ccc([N+](=O)[O-])o2)[C@@H](c2ccccc2)[C@@]12COc1ccccc1C2=O. The highest BCUT2D eigenvalue weighted by Gasteiger charge is 2.59. The lowest BCUT2D eigenvalue weighted by Gasteiger charge is -2.41. The maximum Gasteiger partial charge on any atom is 0.433 e. The Morgan fingerprint density at radius 1 is 1.10 bits per heavy atom. The molecule has 0 N–H and O–H groups in total. The zero-order valence-electron chi connectivity index (χ0n) is 16.0. The van der Waals surface area contributed by atoms with Crippen molar-refractivity contribution in [1.29, 1.82) is 0 Å². The molecular weight excluding hydrogens is 386 g/mol. The van der Waals surface area contributed by atoms with Gasteiger partial charge in [-0.25, -0.2) is 0 Å². The van der Waals surface area contributed by atoms with E-state index in [1.54, 1.807) is 30.3 Å². The number of likely N-dealkylation sites (N-methyl/N-ethyl adjacent to an activating group) is 1. The number of rotatable bonds is 3. The predicted molar refractivity (Wildman–Crippen MR) is 108 cm³/mol. The maximum atomic E-state index is 13.8. The summed E-state index contributed by atoms with van der Waals surface area (Å²) in [5.74, 6) is -0.225. The van der Waals surface area contributed by atoms with Gasteiger partial charge in [0.25, 0.3) is 0 Å². The second kappa shape index (κ2) is 6.55. The van der Waals surface area contributed by atoms with E-state index in [2.05, 4.69) is 5.10 Å². The first-order chi connectivity index (χ1) is 14.5. The standard InChI is InChI=1S/C22H17N3O5/c1-24-22(13-29-16-10-6-5-9-15(16)21(22)26)19(14-7-3-2-4-8-14)20(23-24)17-11-12-18(30-17)25(27)28/h2-12,19H,13H2,1H3/t19-,22-/m1/s1. The van der Waals surface area contributed by atoms with Crippen LogP contribution in [0.3, 0.4) is 0 Å². The summed E-state index contributed by atoms with van der Waals surface area (Å²) in [5, 5.41) is 17.3. The second-order valence-electron chi connectivity index (χ2n) is 7.29. The van der Waals surface area contributed by atoms with Gasteiger partial charge in [-0.1, -0.05) is 42.5 Å². The molecule has 0 unspecified atom stereocenters. The Morgan fingerprint density at radius 3 is 2.57 bits per heavy atom. The third-order valence-corrected chi connectivity index (χ3v) is 5.72. The molecule has 1 spiro atoms. The number of nitro groups is 1. The van der Waals surface area contributed by atoms with Gasteiger partial charge in [0.05, 0.1) is 17.5 Å². The van der Waals surface area contributed by atoms with Crippen LogP contribution >= 0.6 is 0 Å². The monoisotopic (exact) mass is 403 g/mol. The molecule has 0 saturated heterocycles. The van der Waals surface area contributed by atoms with Crippen molar-refractivity contribution >= 4 is 17.4 Å². The van der Waals surface area contributed by atoms with Gasteiger partial charge in [-0.15, -0.1) is 0 Å². The molecule has 0 bridgehead atoms. The van der Waals surface area contributed by atoms with Crippen molar-refractivity contribution in [3.05, 3.63) is 93.7 Å². The zero-order valence-corrected chi connectivity index (χ0v) is 16.0. The number of Topliss-reactive ketones (excluding diaryl/α,β-unsaturated/α-hetero) is 1. The molecule has 2 aliphatic rings. The van der Waals surface area contributed by atoms with Gasteiger partial charge in [-0.05, 0) is 23.8 Å². The van der Waals surface area contributed by atoms with Crippen molar-refractivity contribution in [1.82, 2.24) is 5.01 Å². The Kier molecular flexibility index (Phi) is 3.95. The molecule has 2 aromatic carbocycles. The number of hydrogen-bond donors (Lipinski definition) is 0. The summed E-state index contributed by atoms with van der Waals surface area (Å²) >= 11 is 0. The first kappa shape index (κ1) is 18.1. The number of carbonyl (C=O) groups is 1. The van der Waals surface area contributed by atoms with Gasteiger partial charge in [-0.3, -0.25) is 19.9 Å². The Morgan fingerprint density at radius 2 is 1.83 bits per heavy atom. The van der Waals surface area contributed by atoms with Crippen LogP contribution in [0.15, 0.2) is 76.2 Å². The molecule has 2 aliphatic heterocycles. The molecular formula is C22H17N3O5. The maximum absolute atomic E-state index is 13.8. The number of hydrogen-bond acceptors (Lipinski definition) is 7. The fraction of sp³-hybridized carbons (Fsp3) is 0.182. The summed E-state index contributed by atoms with van der Waals surface area (Å²) in [7, 11) is 1.72. The van der Waals surface area contributed by atoms with Crippen LogP contribution in [0.25, 0.3) is 0 Å². The summed E-state index contributed by atoms with van der Waals surface area (Å²) in [4.78, 5) is 24.3. The van der Waals surface area contributed by atoms with Crippen LogP contribution in [0.4, 0.5) is 5.88 Å². The van der Waals surface area contributed by atoms with E-state index >= 15 is 0 Å². The van der Waals surface area contributed by atoms with Crippen LogP contribution in [0.2, 0.25) is 0 Å². The lowest BCUT2D eigenvalue weighted by atomic mass is 9.71. The minimum absolute atomic E-state index is 0.0920. The van der Waals surface area contributed by atoms with E-state index in [0.29, 0.717) is 17.0 Å². The second-order valence-corrected chi connectivity index (χ2v) is 7.29. The first-order valence-electron chi connectivity index (χ1n) is 9.41. The lowest BCUT2D eigenvalue weighted by molar-refractivity contribution is -0.402. The molecule has 3 heterocycles. The fourth-order valence-electron chi connectivity index (χ4n) is 4.28. The molecule has 30 heavy (non-hydrogen) atoms. The number of carbonyl (C=O) groups excluding carboxylic acids is 1. The smallest absolute Gasteiger partial charge is 0.433 e. The highest BCUT2D eigenvalue weighted by Crippen LogP contribution is 2.47. The van der Waals surface area contributed by atoms with Crippen LogP contribution < -0.4 is 4.74 Å². The number of fused-ring (bicyclic) bond motifs is 1. The van der Waals surface area contributed by atoms with E-state index < -0.39 is 16.4 Å². The van der Waals surface area contributed by atoms with Crippen LogP contribution in [0.1, 0.15) is 27.6 Å². The summed E-state index contributed by atoms with van der Waals surface area (Å²) in [6.07, 6.45) is 0. The van der Waals surface area contributed by atoms with Crippen molar-refractivity contribution in [3.63, 3.8) is 0 Å². The van der Waals surface area contributed by atoms with E-state index in [0.717, 1.165) is 5.56 Å². The molecule has 0 amide bonds. The van der Waals surface area contributed by atoms with Gasteiger partial charge in [-0.2, -0.15) is 5.10 Å². The predicted octanol–water partition coefficient (Wildman–Crippen LogP) is 3.64. The Balaban J connectivity index is 1.68. The minimum Gasteiger partial charge on any atom is -0.490 e. The molecule has 1 aromatic heterocycles. The summed E-state index contributed by atoms with van der Waals surface area (Å²) < 4.78 is 11.5. The van der Waals surface area contributed by atoms with Gasteiger partial charge in [0.2, 0.25) is 0 Å². The number of ketones is 1. The third kappa shape index (κ3) is 2.46.